The Balaban J connectivity index is 1.35. The highest BCUT2D eigenvalue weighted by Crippen LogP contribution is 2.29. The van der Waals surface area contributed by atoms with Crippen molar-refractivity contribution in [3.8, 4) is 0 Å². The van der Waals surface area contributed by atoms with E-state index >= 15 is 0 Å². The van der Waals surface area contributed by atoms with E-state index in [-0.39, 0.29) is 17.4 Å². The molecule has 2 aromatic carbocycles. The summed E-state index contributed by atoms with van der Waals surface area (Å²) < 4.78 is 1.71. The number of nitrogens with zero attached hydrogens (tertiary/aromatic N) is 2. The molecule has 3 heterocycles. The number of fused-ring (bicyclic) bond motifs is 2. The molecule has 0 spiro atoms. The summed E-state index contributed by atoms with van der Waals surface area (Å²) in [6.45, 7) is 2.93. The van der Waals surface area contributed by atoms with Crippen LogP contribution < -0.4 is 16.2 Å². The molecule has 8 heteroatoms. The molecular formula is C26H24N4O3S. The van der Waals surface area contributed by atoms with Crippen LogP contribution in [0.5, 0.6) is 0 Å². The summed E-state index contributed by atoms with van der Waals surface area (Å²) in [7, 11) is 0. The van der Waals surface area contributed by atoms with Crippen molar-refractivity contribution in [1.29, 1.82) is 0 Å². The number of amides is 2. The Morgan fingerprint density at radius 1 is 1.06 bits per heavy atom. The summed E-state index contributed by atoms with van der Waals surface area (Å²) >= 11 is 1.22. The van der Waals surface area contributed by atoms with Gasteiger partial charge in [-0.05, 0) is 43.0 Å². The van der Waals surface area contributed by atoms with E-state index in [9.17, 15) is 14.4 Å². The van der Waals surface area contributed by atoms with E-state index < -0.39 is 0 Å². The van der Waals surface area contributed by atoms with Crippen molar-refractivity contribution in [3.63, 3.8) is 0 Å². The lowest BCUT2D eigenvalue weighted by Gasteiger charge is -2.11. The highest BCUT2D eigenvalue weighted by Gasteiger charge is 2.24. The Hall–Kier alpha value is -3.78. The number of aryl methyl sites for hydroxylation is 2. The summed E-state index contributed by atoms with van der Waals surface area (Å²) in [5.74, 6) is 0.175. The number of hydrogen-bond acceptors (Lipinski definition) is 5. The maximum atomic E-state index is 13.2. The van der Waals surface area contributed by atoms with E-state index in [4.69, 9.17) is 0 Å². The van der Waals surface area contributed by atoms with E-state index in [1.54, 1.807) is 35.8 Å². The van der Waals surface area contributed by atoms with Gasteiger partial charge in [0.25, 0.3) is 17.4 Å². The number of thiophene rings is 1. The van der Waals surface area contributed by atoms with Crippen LogP contribution in [0.15, 0.2) is 59.4 Å². The lowest BCUT2D eigenvalue weighted by molar-refractivity contribution is 0.0955. The van der Waals surface area contributed by atoms with Crippen LogP contribution in [-0.4, -0.2) is 27.9 Å². The third-order valence-electron chi connectivity index (χ3n) is 6.08. The molecule has 0 saturated heterocycles. The summed E-state index contributed by atoms with van der Waals surface area (Å²) in [6.07, 6.45) is 2.40. The van der Waals surface area contributed by atoms with Gasteiger partial charge in [-0.25, -0.2) is 4.98 Å². The molecule has 0 atom stereocenters. The third kappa shape index (κ3) is 4.12. The van der Waals surface area contributed by atoms with Crippen LogP contribution in [0.2, 0.25) is 0 Å². The van der Waals surface area contributed by atoms with Crippen LogP contribution in [-0.2, 0) is 19.4 Å². The number of hydrogen-bond donors (Lipinski definition) is 2. The molecule has 0 saturated carbocycles. The van der Waals surface area contributed by atoms with Crippen molar-refractivity contribution < 1.29 is 9.59 Å². The number of para-hydroxylation sites is 1. The molecule has 2 N–H and O–H groups in total. The molecule has 7 nitrogen and oxygen atoms in total. The van der Waals surface area contributed by atoms with Crippen LogP contribution in [0.4, 0.5) is 5.69 Å². The Labute approximate surface area is 200 Å². The Morgan fingerprint density at radius 2 is 1.82 bits per heavy atom. The molecule has 1 aliphatic heterocycles. The van der Waals surface area contributed by atoms with Crippen molar-refractivity contribution in [2.75, 3.05) is 11.9 Å². The first-order chi connectivity index (χ1) is 16.5. The number of rotatable bonds is 6. The predicted molar refractivity (Wildman–Crippen MR) is 134 cm³/mol. The van der Waals surface area contributed by atoms with Gasteiger partial charge in [-0.1, -0.05) is 42.5 Å². The molecule has 2 aromatic heterocycles. The average molecular weight is 473 g/mol. The van der Waals surface area contributed by atoms with Gasteiger partial charge in [-0.15, -0.1) is 11.3 Å². The molecule has 34 heavy (non-hydrogen) atoms. The van der Waals surface area contributed by atoms with Crippen LogP contribution in [0.1, 0.15) is 43.4 Å². The maximum absolute atomic E-state index is 13.2. The van der Waals surface area contributed by atoms with Crippen LogP contribution >= 0.6 is 11.3 Å². The Kier molecular flexibility index (Phi) is 5.98. The number of aromatic nitrogens is 2. The van der Waals surface area contributed by atoms with Gasteiger partial charge in [0.1, 0.15) is 10.7 Å². The number of anilines is 1. The van der Waals surface area contributed by atoms with Crippen molar-refractivity contribution >= 4 is 39.1 Å². The lowest BCUT2D eigenvalue weighted by Crippen LogP contribution is -2.27. The third-order valence-corrected chi connectivity index (χ3v) is 7.26. The van der Waals surface area contributed by atoms with Gasteiger partial charge < -0.3 is 10.6 Å². The number of carbonyl (C=O) groups excluding carboxylic acids is 2. The number of benzene rings is 2. The Bertz CT molecular complexity index is 1460. The SMILES string of the molecule is Cc1c(C(=O)Nc2ccccc2C(=O)NCCc2ccccc2)sc2nc3n(c(=O)c12)CCC3. The molecule has 2 amide bonds. The molecule has 0 fully saturated rings. The standard InChI is InChI=1S/C26H24N4O3S/c1-16-21-25(29-20-12-7-15-30(20)26(21)33)34-22(16)24(32)28-19-11-6-5-10-18(19)23(31)27-14-13-17-8-3-2-4-9-17/h2-6,8-11H,7,12-15H2,1H3,(H,27,31)(H,28,32). The second-order valence-electron chi connectivity index (χ2n) is 8.32. The van der Waals surface area contributed by atoms with Gasteiger partial charge >= 0.3 is 0 Å². The van der Waals surface area contributed by atoms with Crippen molar-refractivity contribution in [2.45, 2.75) is 32.7 Å². The highest BCUT2D eigenvalue weighted by molar-refractivity contribution is 7.20. The molecule has 4 aromatic rings. The molecule has 0 unspecified atom stereocenters. The fourth-order valence-corrected chi connectivity index (χ4v) is 5.41. The molecule has 5 rings (SSSR count). The summed E-state index contributed by atoms with van der Waals surface area (Å²) in [6, 6.07) is 16.8. The second kappa shape index (κ2) is 9.23. The first-order valence-corrected chi connectivity index (χ1v) is 12.1. The van der Waals surface area contributed by atoms with Gasteiger partial charge in [0.05, 0.1) is 21.5 Å². The fraction of sp³-hybridized carbons (Fsp3) is 0.231. The van der Waals surface area contributed by atoms with Crippen molar-refractivity contribution in [3.05, 3.63) is 92.3 Å². The van der Waals surface area contributed by atoms with E-state index in [1.807, 2.05) is 30.3 Å². The van der Waals surface area contributed by atoms with Crippen LogP contribution in [0, 0.1) is 6.92 Å². The largest absolute Gasteiger partial charge is 0.352 e. The molecule has 1 aliphatic rings. The zero-order valence-electron chi connectivity index (χ0n) is 18.8. The minimum atomic E-state index is -0.352. The molecular weight excluding hydrogens is 448 g/mol. The van der Waals surface area contributed by atoms with Crippen LogP contribution in [0.3, 0.4) is 0 Å². The van der Waals surface area contributed by atoms with Gasteiger partial charge in [-0.2, -0.15) is 0 Å². The van der Waals surface area contributed by atoms with E-state index in [2.05, 4.69) is 15.6 Å². The minimum absolute atomic E-state index is 0.0801. The van der Waals surface area contributed by atoms with Gasteiger partial charge in [0, 0.05) is 19.5 Å². The fourth-order valence-electron chi connectivity index (χ4n) is 4.32. The second-order valence-corrected chi connectivity index (χ2v) is 9.31. The van der Waals surface area contributed by atoms with E-state index in [0.717, 1.165) is 24.2 Å². The Morgan fingerprint density at radius 3 is 2.65 bits per heavy atom. The number of carbonyl (C=O) groups is 2. The van der Waals surface area contributed by atoms with E-state index in [0.29, 0.717) is 51.4 Å². The normalized spacial score (nSPS) is 12.5. The first kappa shape index (κ1) is 22.0. The van der Waals surface area contributed by atoms with Gasteiger partial charge in [0.2, 0.25) is 0 Å². The zero-order valence-corrected chi connectivity index (χ0v) is 19.6. The summed E-state index contributed by atoms with van der Waals surface area (Å²) in [4.78, 5) is 44.6. The first-order valence-electron chi connectivity index (χ1n) is 11.3. The number of nitrogens with one attached hydrogen (secondary N) is 2. The zero-order chi connectivity index (χ0) is 23.7. The molecule has 0 radical (unpaired) electrons. The summed E-state index contributed by atoms with van der Waals surface area (Å²) in [5.41, 5.74) is 2.50. The summed E-state index contributed by atoms with van der Waals surface area (Å²) in [5, 5.41) is 6.30. The van der Waals surface area contributed by atoms with Gasteiger partial charge in [-0.3, -0.25) is 19.0 Å². The molecule has 0 bridgehead atoms. The lowest BCUT2D eigenvalue weighted by atomic mass is 10.1. The van der Waals surface area contributed by atoms with Gasteiger partial charge in [0.15, 0.2) is 0 Å². The monoisotopic (exact) mass is 472 g/mol. The highest BCUT2D eigenvalue weighted by atomic mass is 32.1. The smallest absolute Gasteiger partial charge is 0.266 e. The maximum Gasteiger partial charge on any atom is 0.266 e. The van der Waals surface area contributed by atoms with E-state index in [1.165, 1.54) is 11.3 Å². The van der Waals surface area contributed by atoms with Crippen molar-refractivity contribution in [1.82, 2.24) is 14.9 Å². The quantitative estimate of drug-likeness (QED) is 0.445. The molecule has 172 valence electrons. The minimum Gasteiger partial charge on any atom is -0.352 e. The average Bonchev–Trinajstić information content (AvgIpc) is 3.45. The molecule has 0 aliphatic carbocycles. The predicted octanol–water partition coefficient (Wildman–Crippen LogP) is 3.94. The van der Waals surface area contributed by atoms with Crippen molar-refractivity contribution in [2.24, 2.45) is 0 Å². The topological polar surface area (TPSA) is 93.1 Å². The van der Waals surface area contributed by atoms with Crippen LogP contribution in [0.25, 0.3) is 10.2 Å².